The summed E-state index contributed by atoms with van der Waals surface area (Å²) in [6.45, 7) is 12.2. The van der Waals surface area contributed by atoms with E-state index in [1.54, 1.807) is 6.20 Å². The number of nitrogens with zero attached hydrogens (tertiary/aromatic N) is 3. The van der Waals surface area contributed by atoms with Crippen molar-refractivity contribution in [2.75, 3.05) is 33.9 Å². The summed E-state index contributed by atoms with van der Waals surface area (Å²) in [4.78, 5) is 23.4. The van der Waals surface area contributed by atoms with Crippen molar-refractivity contribution in [3.8, 4) is 28.2 Å². The molecule has 8 heteroatoms. The van der Waals surface area contributed by atoms with Gasteiger partial charge in [-0.1, -0.05) is 12.1 Å². The lowest BCUT2D eigenvalue weighted by atomic mass is 9.80. The molecule has 0 unspecified atom stereocenters. The number of benzene rings is 2. The minimum absolute atomic E-state index is 0.0358. The normalized spacial score (nSPS) is 18.9. The van der Waals surface area contributed by atoms with E-state index in [1.165, 1.54) is 0 Å². The molecule has 2 aromatic heterocycles. The quantitative estimate of drug-likeness (QED) is 0.242. The van der Waals surface area contributed by atoms with Crippen molar-refractivity contribution in [1.82, 2.24) is 15.2 Å². The molecule has 0 radical (unpaired) electrons. The zero-order chi connectivity index (χ0) is 29.2. The van der Waals surface area contributed by atoms with Gasteiger partial charge in [0.25, 0.3) is 5.91 Å². The largest absolute Gasteiger partial charge is 0.501 e. The molecule has 2 fully saturated rings. The maximum Gasteiger partial charge on any atom is 0.251 e. The second kappa shape index (κ2) is 12.0. The van der Waals surface area contributed by atoms with Crippen LogP contribution in [0.4, 0.5) is 5.69 Å². The van der Waals surface area contributed by atoms with Crippen molar-refractivity contribution in [2.24, 2.45) is 5.92 Å². The summed E-state index contributed by atoms with van der Waals surface area (Å²) < 4.78 is 18.0. The van der Waals surface area contributed by atoms with Crippen molar-refractivity contribution in [1.29, 1.82) is 0 Å². The fraction of sp³-hybridized carbons (Fsp3) is 0.382. The highest BCUT2D eigenvalue weighted by atomic mass is 16.5. The van der Waals surface area contributed by atoms with Crippen LogP contribution in [0.1, 0.15) is 41.6 Å². The van der Waals surface area contributed by atoms with Crippen molar-refractivity contribution in [2.45, 2.75) is 44.8 Å². The smallest absolute Gasteiger partial charge is 0.251 e. The average Bonchev–Trinajstić information content (AvgIpc) is 3.41. The van der Waals surface area contributed by atoms with E-state index in [0.29, 0.717) is 47.5 Å². The molecular formula is C34H36N4O4. The number of carbonyl (C=O) groups is 1. The lowest BCUT2D eigenvalue weighted by Crippen LogP contribution is -2.46. The van der Waals surface area contributed by atoms with E-state index in [4.69, 9.17) is 20.5 Å². The molecule has 1 aliphatic carbocycles. The molecule has 8 nitrogen and oxygen atoms in total. The Bertz CT molecular complexity index is 1640. The number of rotatable bonds is 8. The van der Waals surface area contributed by atoms with Crippen molar-refractivity contribution < 1.29 is 18.7 Å². The first-order valence-corrected chi connectivity index (χ1v) is 14.6. The number of aryl methyl sites for hydroxylation is 1. The molecule has 1 saturated heterocycles. The number of hydrogen-bond donors (Lipinski definition) is 1. The third-order valence-electron chi connectivity index (χ3n) is 8.21. The molecule has 0 bridgehead atoms. The van der Waals surface area contributed by atoms with Gasteiger partial charge in [-0.25, -0.2) is 4.85 Å². The number of furan rings is 1. The van der Waals surface area contributed by atoms with E-state index >= 15 is 0 Å². The Morgan fingerprint density at radius 1 is 1.10 bits per heavy atom. The fourth-order valence-electron chi connectivity index (χ4n) is 6.01. The van der Waals surface area contributed by atoms with Crippen LogP contribution in [0.25, 0.3) is 38.4 Å². The first-order valence-electron chi connectivity index (χ1n) is 14.6. The second-order valence-corrected chi connectivity index (χ2v) is 11.7. The second-order valence-electron chi connectivity index (χ2n) is 11.7. The number of nitrogens with one attached hydrogen (secondary N) is 1. The Labute approximate surface area is 246 Å². The van der Waals surface area contributed by atoms with Crippen LogP contribution in [0.5, 0.6) is 5.75 Å². The Morgan fingerprint density at radius 3 is 2.64 bits per heavy atom. The predicted octanol–water partition coefficient (Wildman–Crippen LogP) is 6.65. The zero-order valence-electron chi connectivity index (χ0n) is 24.4. The molecule has 1 amide bonds. The van der Waals surface area contributed by atoms with Crippen LogP contribution in [0, 0.1) is 19.4 Å². The van der Waals surface area contributed by atoms with Gasteiger partial charge < -0.3 is 24.1 Å². The van der Waals surface area contributed by atoms with E-state index in [1.807, 2.05) is 55.5 Å². The topological polar surface area (TPSA) is 81.2 Å². The highest BCUT2D eigenvalue weighted by molar-refractivity contribution is 5.96. The highest BCUT2D eigenvalue weighted by Gasteiger charge is 2.30. The van der Waals surface area contributed by atoms with Crippen molar-refractivity contribution >= 4 is 22.7 Å². The maximum absolute atomic E-state index is 12.9. The fourth-order valence-corrected chi connectivity index (χ4v) is 6.01. The standard InChI is InChI=1S/C34H36N4O4/c1-21-15-24(34(39)37-25-16-22(17-25)20-38(3)4)5-7-27(21)32-19-30-33(42-32)28(9-12-36-30)23-6-8-31(29(18-23)35-2)41-26-10-13-40-14-11-26/h5-9,12,15,18-19,22,25-26H,10-11,13-14,16-17,20H2,1,3-4H3,(H,37,39). The van der Waals surface area contributed by atoms with Crippen LogP contribution in [0.2, 0.25) is 0 Å². The molecule has 2 aliphatic rings. The molecule has 4 aromatic rings. The number of aromatic nitrogens is 1. The number of carbonyl (C=O) groups excluding carboxylic acids is 1. The number of fused-ring (bicyclic) bond motifs is 1. The SMILES string of the molecule is [C-]#[N+]c1cc(-c2ccnc3cc(-c4ccc(C(=O)NC5CC(CN(C)C)C5)cc4C)oc23)ccc1OC1CCOCC1. The van der Waals surface area contributed by atoms with E-state index < -0.39 is 0 Å². The van der Waals surface area contributed by atoms with Gasteiger partial charge in [-0.15, -0.1) is 0 Å². The number of pyridine rings is 1. The van der Waals surface area contributed by atoms with Gasteiger partial charge in [-0.3, -0.25) is 9.78 Å². The average molecular weight is 565 g/mol. The Balaban J connectivity index is 1.21. The summed E-state index contributed by atoms with van der Waals surface area (Å²) in [5.41, 5.74) is 6.08. The molecule has 1 saturated carbocycles. The van der Waals surface area contributed by atoms with Crippen LogP contribution in [0.3, 0.4) is 0 Å². The summed E-state index contributed by atoms with van der Waals surface area (Å²) in [6.07, 6.45) is 5.51. The van der Waals surface area contributed by atoms with Gasteiger partial charge in [0.15, 0.2) is 5.58 Å². The third-order valence-corrected chi connectivity index (χ3v) is 8.21. The molecule has 1 aliphatic heterocycles. The Morgan fingerprint density at radius 2 is 1.90 bits per heavy atom. The van der Waals surface area contributed by atoms with Gasteiger partial charge in [0.1, 0.15) is 23.1 Å². The van der Waals surface area contributed by atoms with Crippen LogP contribution >= 0.6 is 0 Å². The molecule has 0 spiro atoms. The van der Waals surface area contributed by atoms with Crippen LogP contribution < -0.4 is 10.1 Å². The van der Waals surface area contributed by atoms with E-state index in [2.05, 4.69) is 34.1 Å². The number of hydrogen-bond acceptors (Lipinski definition) is 6. The summed E-state index contributed by atoms with van der Waals surface area (Å²) in [6, 6.07) is 15.5. The Kier molecular flexibility index (Phi) is 7.96. The predicted molar refractivity (Wildman–Crippen MR) is 163 cm³/mol. The van der Waals surface area contributed by atoms with E-state index in [-0.39, 0.29) is 18.1 Å². The number of ether oxygens (including phenoxy) is 2. The molecule has 216 valence electrons. The Hall–Kier alpha value is -4.19. The molecular weight excluding hydrogens is 528 g/mol. The lowest BCUT2D eigenvalue weighted by molar-refractivity contribution is 0.0259. The van der Waals surface area contributed by atoms with E-state index in [0.717, 1.165) is 60.0 Å². The molecule has 1 N–H and O–H groups in total. The van der Waals surface area contributed by atoms with E-state index in [9.17, 15) is 4.79 Å². The lowest BCUT2D eigenvalue weighted by Gasteiger charge is -2.37. The van der Waals surface area contributed by atoms with Crippen LogP contribution in [-0.2, 0) is 4.74 Å². The molecule has 2 aromatic carbocycles. The molecule has 0 atom stereocenters. The van der Waals surface area contributed by atoms with Gasteiger partial charge in [0, 0.05) is 54.4 Å². The molecule has 42 heavy (non-hydrogen) atoms. The summed E-state index contributed by atoms with van der Waals surface area (Å²) in [5.74, 6) is 1.89. The summed E-state index contributed by atoms with van der Waals surface area (Å²) in [7, 11) is 4.17. The van der Waals surface area contributed by atoms with Gasteiger partial charge >= 0.3 is 0 Å². The van der Waals surface area contributed by atoms with Crippen LogP contribution in [0.15, 0.2) is 59.1 Å². The zero-order valence-corrected chi connectivity index (χ0v) is 24.4. The van der Waals surface area contributed by atoms with Crippen molar-refractivity contribution in [3.05, 3.63) is 77.3 Å². The monoisotopic (exact) mass is 564 g/mol. The first-order chi connectivity index (χ1) is 20.4. The maximum atomic E-state index is 12.9. The third kappa shape index (κ3) is 5.89. The van der Waals surface area contributed by atoms with Gasteiger partial charge in [-0.05, 0) is 81.2 Å². The minimum atomic E-state index is -0.0358. The highest BCUT2D eigenvalue weighted by Crippen LogP contribution is 2.39. The van der Waals surface area contributed by atoms with Crippen molar-refractivity contribution in [3.63, 3.8) is 0 Å². The van der Waals surface area contributed by atoms with Gasteiger partial charge in [-0.2, -0.15) is 0 Å². The van der Waals surface area contributed by atoms with Crippen LogP contribution in [-0.4, -0.2) is 61.8 Å². The number of amides is 1. The summed E-state index contributed by atoms with van der Waals surface area (Å²) >= 11 is 0. The first kappa shape index (κ1) is 28.0. The van der Waals surface area contributed by atoms with Gasteiger partial charge in [0.05, 0.1) is 19.8 Å². The van der Waals surface area contributed by atoms with Gasteiger partial charge in [0.2, 0.25) is 5.69 Å². The molecule has 3 heterocycles. The molecule has 6 rings (SSSR count). The minimum Gasteiger partial charge on any atom is -0.501 e. The summed E-state index contributed by atoms with van der Waals surface area (Å²) in [5, 5.41) is 3.18.